The number of fused-ring (bicyclic) bond motifs is 1. The summed E-state index contributed by atoms with van der Waals surface area (Å²) in [6.07, 6.45) is 0. The maximum atomic E-state index is 13.6. The molecule has 4 aromatic rings. The Balaban J connectivity index is 1.52. The standard InChI is InChI=1S/C25H24N4O2S2/c1-27-12-14-28(15-13-27)22(30)17-32-25-26-23-20(16-21(33-23)18-8-4-2-5-9-18)24(31)29(25)19-10-6-3-7-11-19/h2-11,16H,12-15,17H2,1H3. The maximum absolute atomic E-state index is 13.6. The second kappa shape index (κ2) is 9.51. The van der Waals surface area contributed by atoms with Crippen LogP contribution in [0, 0.1) is 0 Å². The number of likely N-dealkylation sites (N-methyl/N-ethyl adjacent to an activating group) is 1. The Morgan fingerprint density at radius 1 is 1.00 bits per heavy atom. The number of rotatable bonds is 5. The van der Waals surface area contributed by atoms with Crippen LogP contribution in [0.1, 0.15) is 0 Å². The van der Waals surface area contributed by atoms with Crippen LogP contribution in [0.15, 0.2) is 76.7 Å². The summed E-state index contributed by atoms with van der Waals surface area (Å²) in [7, 11) is 2.07. The maximum Gasteiger partial charge on any atom is 0.267 e. The number of hydrogen-bond donors (Lipinski definition) is 0. The van der Waals surface area contributed by atoms with Crippen molar-refractivity contribution in [3.63, 3.8) is 0 Å². The molecule has 6 nitrogen and oxygen atoms in total. The predicted molar refractivity (Wildman–Crippen MR) is 135 cm³/mol. The predicted octanol–water partition coefficient (Wildman–Crippen LogP) is 3.98. The van der Waals surface area contributed by atoms with Gasteiger partial charge in [0.2, 0.25) is 5.91 Å². The molecule has 0 N–H and O–H groups in total. The van der Waals surface area contributed by atoms with E-state index in [9.17, 15) is 9.59 Å². The molecule has 3 heterocycles. The first-order valence-electron chi connectivity index (χ1n) is 10.9. The van der Waals surface area contributed by atoms with Gasteiger partial charge in [-0.25, -0.2) is 4.98 Å². The molecule has 2 aromatic heterocycles. The fourth-order valence-electron chi connectivity index (χ4n) is 3.88. The Labute approximate surface area is 200 Å². The lowest BCUT2D eigenvalue weighted by atomic mass is 10.2. The summed E-state index contributed by atoms with van der Waals surface area (Å²) < 4.78 is 1.63. The van der Waals surface area contributed by atoms with Crippen molar-refractivity contribution >= 4 is 39.2 Å². The highest BCUT2D eigenvalue weighted by Crippen LogP contribution is 2.32. The lowest BCUT2D eigenvalue weighted by molar-refractivity contribution is -0.129. The first kappa shape index (κ1) is 21.9. The second-order valence-electron chi connectivity index (χ2n) is 8.04. The van der Waals surface area contributed by atoms with Gasteiger partial charge in [0.1, 0.15) is 4.83 Å². The van der Waals surface area contributed by atoms with Gasteiger partial charge in [0.05, 0.1) is 16.8 Å². The molecule has 0 spiro atoms. The van der Waals surface area contributed by atoms with Crippen LogP contribution in [0.3, 0.4) is 0 Å². The number of carbonyl (C=O) groups is 1. The van der Waals surface area contributed by atoms with Gasteiger partial charge in [0, 0.05) is 31.1 Å². The molecular formula is C25H24N4O2S2. The first-order valence-corrected chi connectivity index (χ1v) is 12.7. The number of hydrogen-bond acceptors (Lipinski definition) is 6. The van der Waals surface area contributed by atoms with E-state index in [2.05, 4.69) is 11.9 Å². The van der Waals surface area contributed by atoms with E-state index >= 15 is 0 Å². The SMILES string of the molecule is CN1CCN(C(=O)CSc2nc3sc(-c4ccccc4)cc3c(=O)n2-c2ccccc2)CC1. The minimum Gasteiger partial charge on any atom is -0.339 e. The molecule has 1 saturated heterocycles. The molecular weight excluding hydrogens is 452 g/mol. The Bertz CT molecular complexity index is 1330. The van der Waals surface area contributed by atoms with Crippen LogP contribution >= 0.6 is 23.1 Å². The number of aromatic nitrogens is 2. The highest BCUT2D eigenvalue weighted by Gasteiger charge is 2.21. The van der Waals surface area contributed by atoms with Gasteiger partial charge < -0.3 is 9.80 Å². The molecule has 0 saturated carbocycles. The molecule has 0 aliphatic carbocycles. The first-order chi connectivity index (χ1) is 16.1. The zero-order chi connectivity index (χ0) is 22.8. The Hall–Kier alpha value is -2.94. The zero-order valence-corrected chi connectivity index (χ0v) is 19.9. The van der Waals surface area contributed by atoms with Crippen molar-refractivity contribution in [1.29, 1.82) is 0 Å². The molecule has 33 heavy (non-hydrogen) atoms. The Morgan fingerprint density at radius 2 is 1.67 bits per heavy atom. The third kappa shape index (κ3) is 4.59. The lowest BCUT2D eigenvalue weighted by Crippen LogP contribution is -2.47. The number of amides is 1. The molecule has 2 aromatic carbocycles. The number of thioether (sulfide) groups is 1. The number of benzene rings is 2. The molecule has 0 radical (unpaired) electrons. The molecule has 1 aliphatic heterocycles. The smallest absolute Gasteiger partial charge is 0.267 e. The van der Waals surface area contributed by atoms with E-state index in [1.807, 2.05) is 71.6 Å². The Morgan fingerprint density at radius 3 is 2.36 bits per heavy atom. The van der Waals surface area contributed by atoms with E-state index in [0.717, 1.165) is 42.3 Å². The third-order valence-electron chi connectivity index (χ3n) is 5.79. The van der Waals surface area contributed by atoms with Crippen LogP contribution in [-0.2, 0) is 4.79 Å². The molecule has 168 valence electrons. The third-order valence-corrected chi connectivity index (χ3v) is 7.79. The molecule has 8 heteroatoms. The van der Waals surface area contributed by atoms with Crippen LogP contribution < -0.4 is 5.56 Å². The largest absolute Gasteiger partial charge is 0.339 e. The Kier molecular flexibility index (Phi) is 6.30. The number of para-hydroxylation sites is 1. The lowest BCUT2D eigenvalue weighted by Gasteiger charge is -2.32. The van der Waals surface area contributed by atoms with Gasteiger partial charge in [-0.1, -0.05) is 60.3 Å². The normalized spacial score (nSPS) is 14.6. The molecule has 0 atom stereocenters. The number of thiophene rings is 1. The highest BCUT2D eigenvalue weighted by molar-refractivity contribution is 7.99. The molecule has 0 unspecified atom stereocenters. The van der Waals surface area contributed by atoms with E-state index in [1.54, 1.807) is 4.57 Å². The fraction of sp³-hybridized carbons (Fsp3) is 0.240. The van der Waals surface area contributed by atoms with Gasteiger partial charge in [-0.15, -0.1) is 11.3 Å². The number of carbonyl (C=O) groups excluding carboxylic acids is 1. The summed E-state index contributed by atoms with van der Waals surface area (Å²) in [6.45, 7) is 3.23. The average Bonchev–Trinajstić information content (AvgIpc) is 3.29. The van der Waals surface area contributed by atoms with Gasteiger partial charge in [-0.2, -0.15) is 0 Å². The van der Waals surface area contributed by atoms with E-state index in [-0.39, 0.29) is 17.2 Å². The van der Waals surface area contributed by atoms with Crippen molar-refractivity contribution in [1.82, 2.24) is 19.4 Å². The topological polar surface area (TPSA) is 58.4 Å². The summed E-state index contributed by atoms with van der Waals surface area (Å²) >= 11 is 2.84. The van der Waals surface area contributed by atoms with Crippen molar-refractivity contribution in [2.24, 2.45) is 0 Å². The summed E-state index contributed by atoms with van der Waals surface area (Å²) in [5.41, 5.74) is 1.70. The van der Waals surface area contributed by atoms with Crippen LogP contribution in [0.4, 0.5) is 0 Å². The van der Waals surface area contributed by atoms with Crippen LogP contribution in [-0.4, -0.2) is 64.2 Å². The fourth-order valence-corrected chi connectivity index (χ4v) is 5.88. The van der Waals surface area contributed by atoms with Gasteiger partial charge in [-0.05, 0) is 30.8 Å². The van der Waals surface area contributed by atoms with E-state index < -0.39 is 0 Å². The molecule has 0 bridgehead atoms. The minimum absolute atomic E-state index is 0.0817. The molecule has 5 rings (SSSR count). The number of nitrogens with zero attached hydrogens (tertiary/aromatic N) is 4. The van der Waals surface area contributed by atoms with Crippen molar-refractivity contribution in [2.45, 2.75) is 5.16 Å². The summed E-state index contributed by atoms with van der Waals surface area (Å²) in [5.74, 6) is 0.337. The van der Waals surface area contributed by atoms with E-state index in [4.69, 9.17) is 4.98 Å². The van der Waals surface area contributed by atoms with Crippen LogP contribution in [0.2, 0.25) is 0 Å². The van der Waals surface area contributed by atoms with Crippen molar-refractivity contribution in [3.8, 4) is 16.1 Å². The summed E-state index contributed by atoms with van der Waals surface area (Å²) in [5, 5.41) is 1.14. The second-order valence-corrected chi connectivity index (χ2v) is 10.0. The van der Waals surface area contributed by atoms with Crippen molar-refractivity contribution in [2.75, 3.05) is 39.0 Å². The van der Waals surface area contributed by atoms with Crippen LogP contribution in [0.5, 0.6) is 0 Å². The van der Waals surface area contributed by atoms with Gasteiger partial charge >= 0.3 is 0 Å². The highest BCUT2D eigenvalue weighted by atomic mass is 32.2. The van der Waals surface area contributed by atoms with Gasteiger partial charge in [0.15, 0.2) is 5.16 Å². The van der Waals surface area contributed by atoms with Crippen molar-refractivity contribution < 1.29 is 4.79 Å². The van der Waals surface area contributed by atoms with E-state index in [0.29, 0.717) is 15.4 Å². The van der Waals surface area contributed by atoms with E-state index in [1.165, 1.54) is 23.1 Å². The molecule has 1 fully saturated rings. The molecule has 1 aliphatic rings. The number of piperazine rings is 1. The molecule has 1 amide bonds. The van der Waals surface area contributed by atoms with Crippen molar-refractivity contribution in [3.05, 3.63) is 77.1 Å². The minimum atomic E-state index is -0.112. The summed E-state index contributed by atoms with van der Waals surface area (Å²) in [4.78, 5) is 37.1. The van der Waals surface area contributed by atoms with Gasteiger partial charge in [-0.3, -0.25) is 14.2 Å². The monoisotopic (exact) mass is 476 g/mol. The average molecular weight is 477 g/mol. The zero-order valence-electron chi connectivity index (χ0n) is 18.3. The van der Waals surface area contributed by atoms with Crippen LogP contribution in [0.25, 0.3) is 26.3 Å². The van der Waals surface area contributed by atoms with Gasteiger partial charge in [0.25, 0.3) is 5.56 Å². The summed E-state index contributed by atoms with van der Waals surface area (Å²) in [6, 6.07) is 21.5. The quantitative estimate of drug-likeness (QED) is 0.322.